The summed E-state index contributed by atoms with van der Waals surface area (Å²) >= 11 is 0. The van der Waals surface area contributed by atoms with Gasteiger partial charge in [0.15, 0.2) is 0 Å². The van der Waals surface area contributed by atoms with E-state index in [4.69, 9.17) is 9.96 Å². The van der Waals surface area contributed by atoms with E-state index in [1.807, 2.05) is 0 Å². The predicted octanol–water partition coefficient (Wildman–Crippen LogP) is 3.60. The number of nitrogens with zero attached hydrogens (tertiary/aromatic N) is 2. The molecule has 2 aromatic carbocycles. The molecular weight excluding hydrogens is 382 g/mol. The first-order valence-electron chi connectivity index (χ1n) is 11.2. The van der Waals surface area contributed by atoms with E-state index < -0.39 is 8.40 Å². The second-order valence-corrected chi connectivity index (χ2v) is 13.3. The quantitative estimate of drug-likeness (QED) is 0.582. The van der Waals surface area contributed by atoms with Crippen molar-refractivity contribution in [2.45, 2.75) is 92.2 Å². The smallest absolute Gasteiger partial charge is 0.699 e. The Balaban J connectivity index is 0.00000450. The minimum Gasteiger partial charge on any atom is -0.699 e. The van der Waals surface area contributed by atoms with Gasteiger partial charge in [-0.2, -0.15) is 0 Å². The van der Waals surface area contributed by atoms with Crippen LogP contribution in [-0.2, 0) is 0 Å². The molecule has 0 heterocycles. The summed E-state index contributed by atoms with van der Waals surface area (Å²) in [5.41, 5.74) is 7.74. The van der Waals surface area contributed by atoms with Crippen LogP contribution in [0.4, 0.5) is 11.4 Å². The molecule has 0 amide bonds. The number of hydrogen-bond donors (Lipinski definition) is 0. The van der Waals surface area contributed by atoms with Gasteiger partial charge in [0.2, 0.25) is 0 Å². The summed E-state index contributed by atoms with van der Waals surface area (Å²) in [6.07, 6.45) is 0. The van der Waals surface area contributed by atoms with E-state index in [0.29, 0.717) is 23.7 Å². The fourth-order valence-corrected chi connectivity index (χ4v) is 5.51. The molecule has 0 saturated heterocycles. The minimum atomic E-state index is -2.24. The van der Waals surface area contributed by atoms with Crippen molar-refractivity contribution >= 4 is 19.8 Å². The van der Waals surface area contributed by atoms with Crippen LogP contribution in [0.1, 0.15) is 101 Å². The van der Waals surface area contributed by atoms with E-state index in [1.165, 1.54) is 33.6 Å². The Kier molecular flexibility index (Phi) is 12.4. The van der Waals surface area contributed by atoms with Gasteiger partial charge in [-0.3, -0.25) is 0 Å². The summed E-state index contributed by atoms with van der Waals surface area (Å²) in [5.74, 6) is 1.80. The normalized spacial score (nSPS) is 11.5. The summed E-state index contributed by atoms with van der Waals surface area (Å²) in [6.45, 7) is 22.6. The minimum absolute atomic E-state index is 0. The molecule has 160 valence electrons. The summed E-state index contributed by atoms with van der Waals surface area (Å²) in [5, 5.41) is 0. The molecule has 0 spiro atoms. The standard InChI is InChI=1S/C26H40N2Si.2Li/c1-17(2)21-13-11-14-22(18(3)4)25(21)27-29(9,10)28-26-23(19(5)6)15-12-16-24(26)20(7)8;;/h11-20H,1-10H3;;/q-2;2*+1. The van der Waals surface area contributed by atoms with Crippen LogP contribution >= 0.6 is 0 Å². The van der Waals surface area contributed by atoms with Crippen LogP contribution in [0.5, 0.6) is 0 Å². The van der Waals surface area contributed by atoms with E-state index >= 15 is 0 Å². The Labute approximate surface area is 217 Å². The molecule has 0 aliphatic heterocycles. The average molecular weight is 423 g/mol. The first-order valence-corrected chi connectivity index (χ1v) is 14.1. The second kappa shape index (κ2) is 12.6. The van der Waals surface area contributed by atoms with Gasteiger partial charge in [0.05, 0.1) is 0 Å². The molecule has 0 fully saturated rings. The van der Waals surface area contributed by atoms with Gasteiger partial charge in [-0.1, -0.05) is 114 Å². The molecule has 0 aliphatic rings. The van der Waals surface area contributed by atoms with Gasteiger partial charge >= 0.3 is 37.7 Å². The van der Waals surface area contributed by atoms with Crippen LogP contribution in [0.2, 0.25) is 13.1 Å². The largest absolute Gasteiger partial charge is 1.00 e. The summed E-state index contributed by atoms with van der Waals surface area (Å²) in [7, 11) is -2.24. The number of hydrogen-bond acceptors (Lipinski definition) is 0. The monoisotopic (exact) mass is 422 g/mol. The first-order chi connectivity index (χ1) is 13.4. The predicted molar refractivity (Wildman–Crippen MR) is 133 cm³/mol. The van der Waals surface area contributed by atoms with Gasteiger partial charge in [0.1, 0.15) is 0 Å². The van der Waals surface area contributed by atoms with Gasteiger partial charge in [0, 0.05) is 0 Å². The van der Waals surface area contributed by atoms with Crippen molar-refractivity contribution in [3.05, 3.63) is 68.6 Å². The van der Waals surface area contributed by atoms with E-state index in [2.05, 4.69) is 105 Å². The molecule has 0 aliphatic carbocycles. The molecule has 0 radical (unpaired) electrons. The van der Waals surface area contributed by atoms with Crippen LogP contribution in [0.15, 0.2) is 36.4 Å². The first kappa shape index (κ1) is 30.5. The topological polar surface area (TPSA) is 28.2 Å². The molecule has 0 saturated carbocycles. The Morgan fingerprint density at radius 3 is 0.935 bits per heavy atom. The molecule has 31 heavy (non-hydrogen) atoms. The third-order valence-electron chi connectivity index (χ3n) is 5.46. The van der Waals surface area contributed by atoms with Gasteiger partial charge in [-0.15, -0.1) is 32.9 Å². The second-order valence-electron chi connectivity index (χ2n) is 9.91. The SMILES string of the molecule is CC(C)c1cccc(C(C)C)c1[N-][Si](C)(C)[N-]c1c(C(C)C)cccc1C(C)C.[Li+].[Li+]. The molecule has 0 aromatic heterocycles. The maximum absolute atomic E-state index is 5.40. The van der Waals surface area contributed by atoms with E-state index in [9.17, 15) is 0 Å². The molecule has 0 atom stereocenters. The van der Waals surface area contributed by atoms with E-state index in [1.54, 1.807) is 0 Å². The fraction of sp³-hybridized carbons (Fsp3) is 0.538. The van der Waals surface area contributed by atoms with Crippen molar-refractivity contribution < 1.29 is 37.7 Å². The van der Waals surface area contributed by atoms with Crippen molar-refractivity contribution in [3.63, 3.8) is 0 Å². The van der Waals surface area contributed by atoms with Crippen LogP contribution in [-0.4, -0.2) is 8.40 Å². The molecular formula is C26H40Li2N2Si. The maximum atomic E-state index is 5.40. The summed E-state index contributed by atoms with van der Waals surface area (Å²) in [4.78, 5) is 10.8. The molecule has 0 bridgehead atoms. The maximum Gasteiger partial charge on any atom is 1.00 e. The Bertz CT molecular complexity index is 710. The van der Waals surface area contributed by atoms with Crippen molar-refractivity contribution in [2.24, 2.45) is 0 Å². The van der Waals surface area contributed by atoms with Crippen molar-refractivity contribution in [1.82, 2.24) is 0 Å². The molecule has 0 unspecified atom stereocenters. The van der Waals surface area contributed by atoms with Crippen LogP contribution < -0.4 is 37.7 Å². The fourth-order valence-electron chi connectivity index (χ4n) is 3.85. The van der Waals surface area contributed by atoms with Gasteiger partial charge in [0.25, 0.3) is 0 Å². The van der Waals surface area contributed by atoms with Crippen LogP contribution in [0.25, 0.3) is 9.96 Å². The zero-order valence-corrected chi connectivity index (χ0v) is 23.2. The van der Waals surface area contributed by atoms with Gasteiger partial charge in [-0.25, -0.2) is 0 Å². The zero-order chi connectivity index (χ0) is 21.9. The van der Waals surface area contributed by atoms with Gasteiger partial charge in [-0.05, 0) is 23.7 Å². The average Bonchev–Trinajstić information content (AvgIpc) is 2.60. The van der Waals surface area contributed by atoms with Crippen LogP contribution in [0.3, 0.4) is 0 Å². The third-order valence-corrected chi connectivity index (χ3v) is 7.00. The molecule has 2 aromatic rings. The number of rotatable bonds is 8. The van der Waals surface area contributed by atoms with Gasteiger partial charge < -0.3 is 9.96 Å². The molecule has 2 rings (SSSR count). The number of benzene rings is 2. The zero-order valence-electron chi connectivity index (χ0n) is 22.2. The molecule has 2 nitrogen and oxygen atoms in total. The van der Waals surface area contributed by atoms with Crippen molar-refractivity contribution in [1.29, 1.82) is 0 Å². The van der Waals surface area contributed by atoms with E-state index in [-0.39, 0.29) is 37.7 Å². The Hall–Kier alpha value is -0.548. The molecule has 5 heteroatoms. The van der Waals surface area contributed by atoms with Crippen molar-refractivity contribution in [3.8, 4) is 0 Å². The Morgan fingerprint density at radius 1 is 0.516 bits per heavy atom. The summed E-state index contributed by atoms with van der Waals surface area (Å²) < 4.78 is 0. The van der Waals surface area contributed by atoms with Crippen molar-refractivity contribution in [2.75, 3.05) is 0 Å². The van der Waals surface area contributed by atoms with Crippen LogP contribution in [0, 0.1) is 0 Å². The summed E-state index contributed by atoms with van der Waals surface area (Å²) in [6, 6.07) is 13.3. The van der Waals surface area contributed by atoms with E-state index in [0.717, 1.165) is 0 Å². The Morgan fingerprint density at radius 2 is 0.742 bits per heavy atom. The third kappa shape index (κ3) is 7.77. The molecule has 0 N–H and O–H groups in total.